The summed E-state index contributed by atoms with van der Waals surface area (Å²) in [6.07, 6.45) is 1.97. The minimum Gasteiger partial charge on any atom is -0.480 e. The van der Waals surface area contributed by atoms with Crippen molar-refractivity contribution in [2.75, 3.05) is 12.4 Å². The molecule has 14 nitrogen and oxygen atoms in total. The number of carbonyl (C=O) groups excluding carboxylic acids is 4. The molecule has 0 aromatic carbocycles. The van der Waals surface area contributed by atoms with Crippen LogP contribution in [-0.4, -0.2) is 86.3 Å². The molecular weight excluding hydrogens is 434 g/mol. The second kappa shape index (κ2) is 12.5. The van der Waals surface area contributed by atoms with Crippen molar-refractivity contribution in [3.8, 4) is 0 Å². The van der Waals surface area contributed by atoms with Crippen LogP contribution in [0.25, 0.3) is 0 Å². The monoisotopic (exact) mass is 459 g/mol. The smallest absolute Gasteiger partial charge is 0.326 e. The molecule has 0 aliphatic heterocycles. The highest BCUT2D eigenvalue weighted by Crippen LogP contribution is 2.03. The lowest BCUT2D eigenvalue weighted by Crippen LogP contribution is -2.58. The Kier molecular flexibility index (Phi) is 10.4. The average molecular weight is 459 g/mol. The van der Waals surface area contributed by atoms with E-state index >= 15 is 0 Å². The van der Waals surface area contributed by atoms with Gasteiger partial charge in [-0.3, -0.25) is 19.2 Å². The van der Waals surface area contributed by atoms with Crippen LogP contribution in [0.1, 0.15) is 12.1 Å². The number of thiol groups is 1. The van der Waals surface area contributed by atoms with Crippen LogP contribution >= 0.6 is 12.6 Å². The third-order valence-corrected chi connectivity index (χ3v) is 4.35. The molecule has 1 rings (SSSR count). The van der Waals surface area contributed by atoms with E-state index in [1.54, 1.807) is 0 Å². The zero-order chi connectivity index (χ0) is 23.6. The molecule has 0 saturated carbocycles. The first-order chi connectivity index (χ1) is 14.6. The van der Waals surface area contributed by atoms with Crippen molar-refractivity contribution in [1.29, 1.82) is 0 Å². The molecule has 172 valence electrons. The van der Waals surface area contributed by atoms with E-state index in [1.807, 2.05) is 0 Å². The number of primary amides is 1. The average Bonchev–Trinajstić information content (AvgIpc) is 3.22. The Morgan fingerprint density at radius 2 is 1.65 bits per heavy atom. The number of H-pyrrole nitrogens is 1. The number of nitrogens with one attached hydrogen (secondary N) is 4. The molecule has 4 unspecified atom stereocenters. The van der Waals surface area contributed by atoms with E-state index in [2.05, 4.69) is 38.5 Å². The first kappa shape index (κ1) is 25.9. The first-order valence-corrected chi connectivity index (χ1v) is 9.59. The van der Waals surface area contributed by atoms with E-state index in [9.17, 15) is 29.1 Å². The second-order valence-electron chi connectivity index (χ2n) is 6.44. The fourth-order valence-corrected chi connectivity index (χ4v) is 2.58. The molecule has 4 atom stereocenters. The summed E-state index contributed by atoms with van der Waals surface area (Å²) in [5.41, 5.74) is 10.8. The Morgan fingerprint density at radius 3 is 2.13 bits per heavy atom. The predicted molar refractivity (Wildman–Crippen MR) is 108 cm³/mol. The Bertz CT molecular complexity index is 789. The molecule has 10 N–H and O–H groups in total. The van der Waals surface area contributed by atoms with Gasteiger partial charge in [0.2, 0.25) is 23.6 Å². The van der Waals surface area contributed by atoms with E-state index in [0.29, 0.717) is 5.69 Å². The number of carboxylic acid groups (broad SMARTS) is 1. The van der Waals surface area contributed by atoms with Crippen molar-refractivity contribution in [2.24, 2.45) is 11.5 Å². The van der Waals surface area contributed by atoms with E-state index in [0.717, 1.165) is 0 Å². The van der Waals surface area contributed by atoms with Crippen LogP contribution in [0.3, 0.4) is 0 Å². The van der Waals surface area contributed by atoms with Gasteiger partial charge in [0.15, 0.2) is 0 Å². The first-order valence-electron chi connectivity index (χ1n) is 8.95. The highest BCUT2D eigenvalue weighted by Gasteiger charge is 2.30. The fourth-order valence-electron chi connectivity index (χ4n) is 2.33. The van der Waals surface area contributed by atoms with Gasteiger partial charge in [-0.15, -0.1) is 0 Å². The van der Waals surface area contributed by atoms with Crippen LogP contribution in [0.5, 0.6) is 0 Å². The van der Waals surface area contributed by atoms with Gasteiger partial charge >= 0.3 is 5.97 Å². The SMILES string of the molecule is NC(=O)CC(NC(=O)C(Cc1cnc[nH]1)NC(=O)C(CS)NC(=O)C(N)CO)C(=O)O. The predicted octanol–water partition coefficient (Wildman–Crippen LogP) is -4.38. The Hall–Kier alpha value is -3.17. The summed E-state index contributed by atoms with van der Waals surface area (Å²) in [7, 11) is 0. The highest BCUT2D eigenvalue weighted by molar-refractivity contribution is 7.80. The lowest BCUT2D eigenvalue weighted by Gasteiger charge is -2.24. The van der Waals surface area contributed by atoms with Crippen LogP contribution in [0.2, 0.25) is 0 Å². The van der Waals surface area contributed by atoms with Crippen molar-refractivity contribution in [3.05, 3.63) is 18.2 Å². The van der Waals surface area contributed by atoms with E-state index in [-0.39, 0.29) is 12.2 Å². The molecule has 1 aromatic rings. The lowest BCUT2D eigenvalue weighted by molar-refractivity contribution is -0.143. The van der Waals surface area contributed by atoms with E-state index in [1.165, 1.54) is 12.5 Å². The quantitative estimate of drug-likeness (QED) is 0.129. The van der Waals surface area contributed by atoms with Gasteiger partial charge in [-0.1, -0.05) is 0 Å². The summed E-state index contributed by atoms with van der Waals surface area (Å²) in [6, 6.07) is -5.36. The molecule has 15 heteroatoms. The summed E-state index contributed by atoms with van der Waals surface area (Å²) < 4.78 is 0. The van der Waals surface area contributed by atoms with Gasteiger partial charge in [0.1, 0.15) is 24.2 Å². The number of imidazole rings is 1. The van der Waals surface area contributed by atoms with Gasteiger partial charge < -0.3 is 42.6 Å². The summed E-state index contributed by atoms with van der Waals surface area (Å²) in [5, 5.41) is 24.9. The van der Waals surface area contributed by atoms with Crippen molar-refractivity contribution < 1.29 is 34.2 Å². The molecule has 4 amide bonds. The molecule has 0 saturated heterocycles. The van der Waals surface area contributed by atoms with Gasteiger partial charge in [0.25, 0.3) is 0 Å². The molecule has 1 aromatic heterocycles. The number of aliphatic carboxylic acids is 1. The van der Waals surface area contributed by atoms with Gasteiger partial charge in [-0.2, -0.15) is 12.6 Å². The van der Waals surface area contributed by atoms with Crippen LogP contribution in [0.4, 0.5) is 0 Å². The van der Waals surface area contributed by atoms with Crippen LogP contribution in [0.15, 0.2) is 12.5 Å². The summed E-state index contributed by atoms with van der Waals surface area (Å²) in [4.78, 5) is 66.0. The van der Waals surface area contributed by atoms with Crippen LogP contribution < -0.4 is 27.4 Å². The maximum atomic E-state index is 12.7. The van der Waals surface area contributed by atoms with Crippen molar-refractivity contribution >= 4 is 42.2 Å². The summed E-state index contributed by atoms with van der Waals surface area (Å²) in [6.45, 7) is -0.645. The number of nitrogens with two attached hydrogens (primary N) is 2. The number of aromatic nitrogens is 2. The zero-order valence-electron chi connectivity index (χ0n) is 16.3. The fraction of sp³-hybridized carbons (Fsp3) is 0.500. The normalized spacial score (nSPS) is 14.5. The molecule has 1 heterocycles. The Balaban J connectivity index is 2.97. The molecule has 0 spiro atoms. The van der Waals surface area contributed by atoms with E-state index in [4.69, 9.17) is 16.6 Å². The number of carbonyl (C=O) groups is 5. The van der Waals surface area contributed by atoms with Gasteiger partial charge in [0, 0.05) is 24.1 Å². The number of hydrogen-bond acceptors (Lipinski definition) is 9. The summed E-state index contributed by atoms with van der Waals surface area (Å²) in [5.74, 6) is -5.12. The molecular formula is C16H25N7O7S. The topological polar surface area (TPSA) is 243 Å². The van der Waals surface area contributed by atoms with Crippen molar-refractivity contribution in [1.82, 2.24) is 25.9 Å². The maximum Gasteiger partial charge on any atom is 0.326 e. The van der Waals surface area contributed by atoms with Crippen LogP contribution in [-0.2, 0) is 30.4 Å². The minimum atomic E-state index is -1.60. The zero-order valence-corrected chi connectivity index (χ0v) is 17.2. The highest BCUT2D eigenvalue weighted by atomic mass is 32.1. The lowest BCUT2D eigenvalue weighted by atomic mass is 10.1. The number of aliphatic hydroxyl groups is 1. The largest absolute Gasteiger partial charge is 0.480 e. The molecule has 0 bridgehead atoms. The second-order valence-corrected chi connectivity index (χ2v) is 6.81. The number of hydrogen-bond donors (Lipinski definition) is 9. The van der Waals surface area contributed by atoms with Gasteiger partial charge in [-0.25, -0.2) is 9.78 Å². The third-order valence-electron chi connectivity index (χ3n) is 3.98. The van der Waals surface area contributed by atoms with Crippen molar-refractivity contribution in [2.45, 2.75) is 37.0 Å². The number of aliphatic hydroxyl groups excluding tert-OH is 1. The summed E-state index contributed by atoms with van der Waals surface area (Å²) >= 11 is 3.99. The van der Waals surface area contributed by atoms with Gasteiger partial charge in [0.05, 0.1) is 19.4 Å². The molecule has 31 heavy (non-hydrogen) atoms. The molecule has 0 aliphatic rings. The number of amides is 4. The standard InChI is InChI=1S/C16H25N7O7S/c17-8(4-24)13(26)23-11(5-31)15(28)21-9(1-7-3-19-6-20-7)14(27)22-10(16(29)30)2-12(18)25/h3,6,8-11,24,31H,1-2,4-5,17H2,(H2,18,25)(H,19,20)(H,21,28)(H,22,27)(H,23,26)(H,29,30). The Labute approximate surface area is 181 Å². The number of carboxylic acids is 1. The molecule has 0 fully saturated rings. The third kappa shape index (κ3) is 8.61. The maximum absolute atomic E-state index is 12.7. The number of aromatic amines is 1. The number of rotatable bonds is 13. The minimum absolute atomic E-state index is 0.107. The van der Waals surface area contributed by atoms with Crippen molar-refractivity contribution in [3.63, 3.8) is 0 Å². The Morgan fingerprint density at radius 1 is 1.06 bits per heavy atom. The number of nitrogens with zero attached hydrogens (tertiary/aromatic N) is 1. The van der Waals surface area contributed by atoms with Gasteiger partial charge in [-0.05, 0) is 0 Å². The van der Waals surface area contributed by atoms with Crippen LogP contribution in [0, 0.1) is 0 Å². The molecule has 0 radical (unpaired) electrons. The van der Waals surface area contributed by atoms with E-state index < -0.39 is 66.8 Å². The molecule has 0 aliphatic carbocycles.